The van der Waals surface area contributed by atoms with Gasteiger partial charge in [0.05, 0.1) is 5.56 Å². The quantitative estimate of drug-likeness (QED) is 0.570. The summed E-state index contributed by atoms with van der Waals surface area (Å²) < 4.78 is 11.7. The van der Waals surface area contributed by atoms with Gasteiger partial charge < -0.3 is 9.47 Å². The highest BCUT2D eigenvalue weighted by atomic mass is 32.1. The Hall–Kier alpha value is -2.85. The van der Waals surface area contributed by atoms with Gasteiger partial charge in [-0.1, -0.05) is 29.8 Å². The molecule has 1 aliphatic heterocycles. The SMILES string of the molecule is Cc1ccc(C)c(COc2ccc3c(c2)O/C(=C\c2cccs2)C3=O)c1. The van der Waals surface area contributed by atoms with Gasteiger partial charge >= 0.3 is 0 Å². The van der Waals surface area contributed by atoms with E-state index in [-0.39, 0.29) is 5.78 Å². The van der Waals surface area contributed by atoms with Gasteiger partial charge in [0.15, 0.2) is 5.76 Å². The molecule has 0 unspecified atom stereocenters. The molecule has 0 N–H and O–H groups in total. The van der Waals surface area contributed by atoms with Crippen LogP contribution in [0.4, 0.5) is 0 Å². The summed E-state index contributed by atoms with van der Waals surface area (Å²) in [5.74, 6) is 1.51. The average Bonchev–Trinajstić information content (AvgIpc) is 3.24. The predicted molar refractivity (Wildman–Crippen MR) is 104 cm³/mol. The van der Waals surface area contributed by atoms with Crippen LogP contribution in [0.15, 0.2) is 59.7 Å². The van der Waals surface area contributed by atoms with Crippen LogP contribution in [-0.4, -0.2) is 5.78 Å². The first kappa shape index (κ1) is 16.6. The zero-order valence-corrected chi connectivity index (χ0v) is 15.4. The highest BCUT2D eigenvalue weighted by molar-refractivity contribution is 7.10. The molecule has 0 radical (unpaired) electrons. The lowest BCUT2D eigenvalue weighted by Crippen LogP contribution is -1.99. The molecule has 0 saturated heterocycles. The summed E-state index contributed by atoms with van der Waals surface area (Å²) in [7, 11) is 0. The van der Waals surface area contributed by atoms with Crippen LogP contribution >= 0.6 is 11.3 Å². The fraction of sp³-hybridized carbons (Fsp3) is 0.136. The van der Waals surface area contributed by atoms with Crippen LogP contribution in [0.2, 0.25) is 0 Å². The smallest absolute Gasteiger partial charge is 0.232 e. The largest absolute Gasteiger partial charge is 0.489 e. The molecule has 4 heteroatoms. The van der Waals surface area contributed by atoms with Gasteiger partial charge in [-0.05, 0) is 48.6 Å². The molecule has 3 aromatic rings. The van der Waals surface area contributed by atoms with E-state index in [1.165, 1.54) is 11.1 Å². The fourth-order valence-electron chi connectivity index (χ4n) is 2.88. The number of carbonyl (C=O) groups is 1. The molecule has 4 rings (SSSR count). The first-order chi connectivity index (χ1) is 12.6. The number of hydrogen-bond donors (Lipinski definition) is 0. The number of allylic oxidation sites excluding steroid dienone is 1. The molecule has 1 aliphatic rings. The number of ether oxygens (including phenoxy) is 2. The minimum atomic E-state index is -0.0884. The normalized spacial score (nSPS) is 14.4. The van der Waals surface area contributed by atoms with Crippen molar-refractivity contribution < 1.29 is 14.3 Å². The van der Waals surface area contributed by atoms with E-state index >= 15 is 0 Å². The van der Waals surface area contributed by atoms with Gasteiger partial charge in [-0.3, -0.25) is 4.79 Å². The third-order valence-corrected chi connectivity index (χ3v) is 5.18. The summed E-state index contributed by atoms with van der Waals surface area (Å²) in [6.45, 7) is 4.63. The van der Waals surface area contributed by atoms with E-state index in [1.807, 2.05) is 23.6 Å². The molecule has 0 aliphatic carbocycles. The molecule has 3 nitrogen and oxygen atoms in total. The number of thiophene rings is 1. The summed E-state index contributed by atoms with van der Waals surface area (Å²) in [6, 6.07) is 15.6. The Morgan fingerprint density at radius 2 is 2.00 bits per heavy atom. The fourth-order valence-corrected chi connectivity index (χ4v) is 3.52. The molecule has 0 fully saturated rings. The van der Waals surface area contributed by atoms with Crippen LogP contribution in [0.3, 0.4) is 0 Å². The Labute approximate surface area is 156 Å². The number of carbonyl (C=O) groups excluding carboxylic acids is 1. The molecular weight excluding hydrogens is 344 g/mol. The predicted octanol–water partition coefficient (Wildman–Crippen LogP) is 5.56. The molecule has 2 aromatic carbocycles. The molecule has 26 heavy (non-hydrogen) atoms. The van der Waals surface area contributed by atoms with Gasteiger partial charge in [0.25, 0.3) is 0 Å². The van der Waals surface area contributed by atoms with Gasteiger partial charge in [-0.2, -0.15) is 0 Å². The van der Waals surface area contributed by atoms with Gasteiger partial charge in [0.2, 0.25) is 5.78 Å². The van der Waals surface area contributed by atoms with Gasteiger partial charge in [-0.15, -0.1) is 11.3 Å². The Morgan fingerprint density at radius 3 is 2.81 bits per heavy atom. The summed E-state index contributed by atoms with van der Waals surface area (Å²) in [5.41, 5.74) is 4.14. The van der Waals surface area contributed by atoms with Crippen LogP contribution in [0, 0.1) is 13.8 Å². The van der Waals surface area contributed by atoms with Crippen molar-refractivity contribution in [3.05, 3.63) is 86.8 Å². The van der Waals surface area contributed by atoms with Crippen LogP contribution < -0.4 is 9.47 Å². The van der Waals surface area contributed by atoms with Crippen molar-refractivity contribution in [3.63, 3.8) is 0 Å². The van der Waals surface area contributed by atoms with E-state index in [0.29, 0.717) is 29.4 Å². The molecule has 1 aromatic heterocycles. The Morgan fingerprint density at radius 1 is 1.12 bits per heavy atom. The van der Waals surface area contributed by atoms with Crippen LogP contribution in [0.1, 0.15) is 31.9 Å². The number of Topliss-reactive ketones (excluding diaryl/α,β-unsaturated/α-hetero) is 1. The second-order valence-corrected chi connectivity index (χ2v) is 7.31. The maximum Gasteiger partial charge on any atom is 0.232 e. The number of ketones is 1. The average molecular weight is 362 g/mol. The molecule has 0 spiro atoms. The minimum absolute atomic E-state index is 0.0884. The van der Waals surface area contributed by atoms with Gasteiger partial charge in [-0.25, -0.2) is 0 Å². The van der Waals surface area contributed by atoms with E-state index in [4.69, 9.17) is 9.47 Å². The van der Waals surface area contributed by atoms with Gasteiger partial charge in [0.1, 0.15) is 18.1 Å². The number of benzene rings is 2. The van der Waals surface area contributed by atoms with Crippen molar-refractivity contribution >= 4 is 23.2 Å². The second-order valence-electron chi connectivity index (χ2n) is 6.33. The molecule has 0 amide bonds. The number of hydrogen-bond acceptors (Lipinski definition) is 4. The molecule has 130 valence electrons. The molecule has 0 atom stereocenters. The maximum atomic E-state index is 12.5. The van der Waals surface area contributed by atoms with E-state index in [1.54, 1.807) is 29.5 Å². The third kappa shape index (κ3) is 3.28. The highest BCUT2D eigenvalue weighted by Gasteiger charge is 2.27. The van der Waals surface area contributed by atoms with Crippen LogP contribution in [0.5, 0.6) is 11.5 Å². The van der Waals surface area contributed by atoms with Crippen molar-refractivity contribution in [2.75, 3.05) is 0 Å². The Balaban J connectivity index is 1.52. The first-order valence-electron chi connectivity index (χ1n) is 8.41. The lowest BCUT2D eigenvalue weighted by atomic mass is 10.1. The molecule has 0 saturated carbocycles. The minimum Gasteiger partial charge on any atom is -0.489 e. The molecular formula is C22H18O3S. The second kappa shape index (κ2) is 6.81. The summed E-state index contributed by atoms with van der Waals surface area (Å²) in [6.07, 6.45) is 1.78. The topological polar surface area (TPSA) is 35.5 Å². The molecule has 0 bridgehead atoms. The van der Waals surface area contributed by atoms with E-state index in [2.05, 4.69) is 32.0 Å². The van der Waals surface area contributed by atoms with Crippen molar-refractivity contribution in [2.45, 2.75) is 20.5 Å². The van der Waals surface area contributed by atoms with Crippen molar-refractivity contribution in [1.29, 1.82) is 0 Å². The van der Waals surface area contributed by atoms with E-state index in [0.717, 1.165) is 10.4 Å². The summed E-state index contributed by atoms with van der Waals surface area (Å²) in [5, 5.41) is 1.97. The molecule has 2 heterocycles. The zero-order valence-electron chi connectivity index (χ0n) is 14.6. The van der Waals surface area contributed by atoms with Gasteiger partial charge in [0, 0.05) is 17.0 Å². The summed E-state index contributed by atoms with van der Waals surface area (Å²) >= 11 is 1.57. The van der Waals surface area contributed by atoms with Crippen LogP contribution in [-0.2, 0) is 6.61 Å². The van der Waals surface area contributed by atoms with E-state index in [9.17, 15) is 4.79 Å². The third-order valence-electron chi connectivity index (χ3n) is 4.36. The summed E-state index contributed by atoms with van der Waals surface area (Å²) in [4.78, 5) is 13.5. The Bertz CT molecular complexity index is 1000. The zero-order chi connectivity index (χ0) is 18.1. The number of rotatable bonds is 4. The maximum absolute atomic E-state index is 12.5. The highest BCUT2D eigenvalue weighted by Crippen LogP contribution is 2.35. The number of fused-ring (bicyclic) bond motifs is 1. The number of aryl methyl sites for hydroxylation is 2. The van der Waals surface area contributed by atoms with Crippen molar-refractivity contribution in [2.24, 2.45) is 0 Å². The van der Waals surface area contributed by atoms with Crippen molar-refractivity contribution in [3.8, 4) is 11.5 Å². The standard InChI is InChI=1S/C22H18O3S/c1-14-5-6-15(2)16(10-14)13-24-17-7-8-19-20(11-17)25-21(22(19)23)12-18-4-3-9-26-18/h3-12H,13H2,1-2H3/b21-12-. The van der Waals surface area contributed by atoms with Crippen molar-refractivity contribution in [1.82, 2.24) is 0 Å². The lowest BCUT2D eigenvalue weighted by Gasteiger charge is -2.10. The first-order valence-corrected chi connectivity index (χ1v) is 9.29. The monoisotopic (exact) mass is 362 g/mol. The van der Waals surface area contributed by atoms with E-state index < -0.39 is 0 Å². The van der Waals surface area contributed by atoms with Crippen LogP contribution in [0.25, 0.3) is 6.08 Å². The lowest BCUT2D eigenvalue weighted by molar-refractivity contribution is 0.101. The Kier molecular flexibility index (Phi) is 4.35.